The van der Waals surface area contributed by atoms with Crippen LogP contribution in [0.3, 0.4) is 0 Å². The second kappa shape index (κ2) is 8.47. The predicted molar refractivity (Wildman–Crippen MR) is 101 cm³/mol. The average Bonchev–Trinajstić information content (AvgIpc) is 3.01. The number of amides is 3. The molecule has 0 radical (unpaired) electrons. The topological polar surface area (TPSA) is 88.6 Å². The van der Waals surface area contributed by atoms with Crippen molar-refractivity contribution in [2.45, 2.75) is 19.4 Å². The van der Waals surface area contributed by atoms with E-state index in [2.05, 4.69) is 0 Å². The highest BCUT2D eigenvalue weighted by atomic mass is 16.6. The standard InChI is InChI=1S/C19H25N3O6/c1-4-28-19(25)21-9-7-20(8-10-21)15-12-17(23)22(18(15)24)14-6-5-13(26-2)11-16(14)27-3/h5-6,11,15H,4,7-10,12H2,1-3H3/t15-/m1/s1. The van der Waals surface area contributed by atoms with Crippen LogP contribution in [0.2, 0.25) is 0 Å². The van der Waals surface area contributed by atoms with Gasteiger partial charge in [0, 0.05) is 32.2 Å². The van der Waals surface area contributed by atoms with Gasteiger partial charge >= 0.3 is 6.09 Å². The zero-order valence-electron chi connectivity index (χ0n) is 16.3. The molecular weight excluding hydrogens is 366 g/mol. The predicted octanol–water partition coefficient (Wildman–Crippen LogP) is 1.11. The molecule has 9 heteroatoms. The molecule has 2 aliphatic rings. The van der Waals surface area contributed by atoms with Crippen molar-refractivity contribution in [1.82, 2.24) is 9.80 Å². The van der Waals surface area contributed by atoms with Crippen molar-refractivity contribution < 1.29 is 28.6 Å². The number of benzene rings is 1. The lowest BCUT2D eigenvalue weighted by Gasteiger charge is -2.36. The second-order valence-corrected chi connectivity index (χ2v) is 6.55. The molecule has 0 N–H and O–H groups in total. The van der Waals surface area contributed by atoms with E-state index in [1.54, 1.807) is 30.0 Å². The smallest absolute Gasteiger partial charge is 0.409 e. The van der Waals surface area contributed by atoms with Crippen molar-refractivity contribution in [2.24, 2.45) is 0 Å². The third-order valence-electron chi connectivity index (χ3n) is 5.03. The van der Waals surface area contributed by atoms with Crippen LogP contribution in [0.1, 0.15) is 13.3 Å². The molecule has 152 valence electrons. The Kier molecular flexibility index (Phi) is 6.03. The molecular formula is C19H25N3O6. The number of carbonyl (C=O) groups excluding carboxylic acids is 3. The molecule has 2 heterocycles. The lowest BCUT2D eigenvalue weighted by atomic mass is 10.2. The number of carbonyl (C=O) groups is 3. The molecule has 28 heavy (non-hydrogen) atoms. The van der Waals surface area contributed by atoms with Gasteiger partial charge in [0.15, 0.2) is 0 Å². The molecule has 1 aromatic rings. The molecule has 9 nitrogen and oxygen atoms in total. The minimum atomic E-state index is -0.538. The van der Waals surface area contributed by atoms with Gasteiger partial charge in [0.2, 0.25) is 5.91 Å². The molecule has 3 rings (SSSR count). The first kappa shape index (κ1) is 19.9. The maximum absolute atomic E-state index is 13.0. The number of methoxy groups -OCH3 is 2. The lowest BCUT2D eigenvalue weighted by molar-refractivity contribution is -0.123. The molecule has 2 aliphatic heterocycles. The van der Waals surface area contributed by atoms with E-state index >= 15 is 0 Å². The van der Waals surface area contributed by atoms with Crippen LogP contribution in [0.25, 0.3) is 0 Å². The zero-order chi connectivity index (χ0) is 20.3. The Morgan fingerprint density at radius 1 is 1.11 bits per heavy atom. The van der Waals surface area contributed by atoms with E-state index in [0.717, 1.165) is 0 Å². The Labute approximate surface area is 163 Å². The minimum Gasteiger partial charge on any atom is -0.497 e. The Bertz CT molecular complexity index is 760. The molecule has 3 amide bonds. The molecule has 0 aromatic heterocycles. The molecule has 0 aliphatic carbocycles. The summed E-state index contributed by atoms with van der Waals surface area (Å²) < 4.78 is 15.5. The van der Waals surface area contributed by atoms with Gasteiger partial charge in [0.05, 0.1) is 39.0 Å². The van der Waals surface area contributed by atoms with Crippen molar-refractivity contribution >= 4 is 23.6 Å². The summed E-state index contributed by atoms with van der Waals surface area (Å²) in [4.78, 5) is 42.2. The summed E-state index contributed by atoms with van der Waals surface area (Å²) >= 11 is 0. The molecule has 2 fully saturated rings. The van der Waals surface area contributed by atoms with Crippen molar-refractivity contribution in [3.63, 3.8) is 0 Å². The largest absolute Gasteiger partial charge is 0.497 e. The lowest BCUT2D eigenvalue weighted by Crippen LogP contribution is -2.54. The normalized spacial score (nSPS) is 20.5. The zero-order valence-corrected chi connectivity index (χ0v) is 16.3. The average molecular weight is 391 g/mol. The summed E-state index contributed by atoms with van der Waals surface area (Å²) in [6.07, 6.45) is -0.242. The van der Waals surface area contributed by atoms with Crippen LogP contribution in [-0.4, -0.2) is 80.8 Å². The van der Waals surface area contributed by atoms with E-state index in [1.165, 1.54) is 19.1 Å². The van der Waals surface area contributed by atoms with E-state index < -0.39 is 6.04 Å². The summed E-state index contributed by atoms with van der Waals surface area (Å²) in [6.45, 7) is 4.03. The van der Waals surface area contributed by atoms with Crippen LogP contribution in [0.4, 0.5) is 10.5 Å². The molecule has 0 spiro atoms. The maximum atomic E-state index is 13.0. The van der Waals surface area contributed by atoms with Gasteiger partial charge in [-0.2, -0.15) is 0 Å². The van der Waals surface area contributed by atoms with Gasteiger partial charge in [-0.3, -0.25) is 14.5 Å². The van der Waals surface area contributed by atoms with Crippen LogP contribution in [-0.2, 0) is 14.3 Å². The SMILES string of the molecule is CCOC(=O)N1CCN([C@@H]2CC(=O)N(c3ccc(OC)cc3OC)C2=O)CC1. The highest BCUT2D eigenvalue weighted by Crippen LogP contribution is 2.36. The van der Waals surface area contributed by atoms with Crippen molar-refractivity contribution in [2.75, 3.05) is 51.9 Å². The number of anilines is 1. The Morgan fingerprint density at radius 3 is 2.43 bits per heavy atom. The number of hydrogen-bond acceptors (Lipinski definition) is 7. The van der Waals surface area contributed by atoms with Crippen LogP contribution in [0.15, 0.2) is 18.2 Å². The van der Waals surface area contributed by atoms with Crippen molar-refractivity contribution in [1.29, 1.82) is 0 Å². The Morgan fingerprint density at radius 2 is 1.82 bits per heavy atom. The van der Waals surface area contributed by atoms with E-state index in [9.17, 15) is 14.4 Å². The summed E-state index contributed by atoms with van der Waals surface area (Å²) in [5.41, 5.74) is 0.408. The molecule has 1 atom stereocenters. The molecule has 2 saturated heterocycles. The van der Waals surface area contributed by atoms with E-state index in [0.29, 0.717) is 50.0 Å². The van der Waals surface area contributed by atoms with Gasteiger partial charge in [-0.05, 0) is 19.1 Å². The van der Waals surface area contributed by atoms with Gasteiger partial charge in [0.25, 0.3) is 5.91 Å². The quantitative estimate of drug-likeness (QED) is 0.695. The number of piperazine rings is 1. The Balaban J connectivity index is 1.72. The van der Waals surface area contributed by atoms with E-state index in [4.69, 9.17) is 14.2 Å². The monoisotopic (exact) mass is 391 g/mol. The second-order valence-electron chi connectivity index (χ2n) is 6.55. The molecule has 0 saturated carbocycles. The number of nitrogens with zero attached hydrogens (tertiary/aromatic N) is 3. The van der Waals surface area contributed by atoms with Crippen LogP contribution in [0.5, 0.6) is 11.5 Å². The number of hydrogen-bond donors (Lipinski definition) is 0. The minimum absolute atomic E-state index is 0.105. The molecule has 0 unspecified atom stereocenters. The maximum Gasteiger partial charge on any atom is 0.409 e. The first-order chi connectivity index (χ1) is 13.5. The molecule has 0 bridgehead atoms. The highest BCUT2D eigenvalue weighted by Gasteiger charge is 2.44. The summed E-state index contributed by atoms with van der Waals surface area (Å²) in [6, 6.07) is 4.43. The third kappa shape index (κ3) is 3.75. The first-order valence-electron chi connectivity index (χ1n) is 9.24. The van der Waals surface area contributed by atoms with Crippen LogP contribution >= 0.6 is 0 Å². The fourth-order valence-electron chi connectivity index (χ4n) is 3.55. The first-order valence-corrected chi connectivity index (χ1v) is 9.24. The van der Waals surface area contributed by atoms with Crippen molar-refractivity contribution in [3.05, 3.63) is 18.2 Å². The third-order valence-corrected chi connectivity index (χ3v) is 5.03. The van der Waals surface area contributed by atoms with Gasteiger partial charge in [-0.1, -0.05) is 0 Å². The summed E-state index contributed by atoms with van der Waals surface area (Å²) in [7, 11) is 3.02. The van der Waals surface area contributed by atoms with E-state index in [1.807, 2.05) is 4.90 Å². The fourth-order valence-corrected chi connectivity index (χ4v) is 3.55. The number of ether oxygens (including phenoxy) is 3. The van der Waals surface area contributed by atoms with Gasteiger partial charge in [-0.15, -0.1) is 0 Å². The van der Waals surface area contributed by atoms with Crippen molar-refractivity contribution in [3.8, 4) is 11.5 Å². The summed E-state index contributed by atoms with van der Waals surface area (Å²) in [5.74, 6) is 0.421. The number of imide groups is 1. The van der Waals surface area contributed by atoms with Gasteiger partial charge in [-0.25, -0.2) is 9.69 Å². The number of rotatable bonds is 5. The van der Waals surface area contributed by atoms with Gasteiger partial charge < -0.3 is 19.1 Å². The highest BCUT2D eigenvalue weighted by molar-refractivity contribution is 6.23. The van der Waals surface area contributed by atoms with Crippen LogP contribution < -0.4 is 14.4 Å². The van der Waals surface area contributed by atoms with Gasteiger partial charge in [0.1, 0.15) is 11.5 Å². The van der Waals surface area contributed by atoms with Crippen LogP contribution in [0, 0.1) is 0 Å². The Hall–Kier alpha value is -2.81. The summed E-state index contributed by atoms with van der Waals surface area (Å²) in [5, 5.41) is 0. The molecule has 1 aromatic carbocycles. The van der Waals surface area contributed by atoms with E-state index in [-0.39, 0.29) is 24.3 Å². The fraction of sp³-hybridized carbons (Fsp3) is 0.526.